The molecule has 0 saturated carbocycles. The first kappa shape index (κ1) is 20.7. The second-order valence-corrected chi connectivity index (χ2v) is 6.80. The number of rotatable bonds is 5. The fourth-order valence-electron chi connectivity index (χ4n) is 2.38. The van der Waals surface area contributed by atoms with Crippen LogP contribution in [0.2, 0.25) is 5.02 Å². The number of nitrogens with one attached hydrogen (secondary N) is 2. The number of guanidine groups is 1. The van der Waals surface area contributed by atoms with E-state index >= 15 is 0 Å². The molecule has 1 aliphatic rings. The Morgan fingerprint density at radius 1 is 1.48 bits per heavy atom. The molecule has 0 radical (unpaired) electrons. The highest BCUT2D eigenvalue weighted by atomic mass is 127. The zero-order valence-electron chi connectivity index (χ0n) is 13.6. The molecule has 1 unspecified atom stereocenters. The fourth-order valence-corrected chi connectivity index (χ4v) is 3.62. The summed E-state index contributed by atoms with van der Waals surface area (Å²) in [5, 5.41) is 7.51. The molecule has 0 aromatic heterocycles. The Morgan fingerprint density at radius 3 is 2.96 bits per heavy atom. The smallest absolute Gasteiger partial charge is 0.191 e. The maximum absolute atomic E-state index is 5.99. The largest absolute Gasteiger partial charge is 0.496 e. The number of aliphatic imine (C=N–C) groups is 1. The summed E-state index contributed by atoms with van der Waals surface area (Å²) in [4.78, 5) is 4.68. The number of ether oxygens (including phenoxy) is 1. The molecule has 0 spiro atoms. The van der Waals surface area contributed by atoms with Gasteiger partial charge in [-0.2, -0.15) is 11.8 Å². The number of methoxy groups -OCH3 is 1. The average molecular weight is 470 g/mol. The van der Waals surface area contributed by atoms with Crippen molar-refractivity contribution in [2.75, 3.05) is 25.2 Å². The summed E-state index contributed by atoms with van der Waals surface area (Å²) in [6.45, 7) is 3.49. The minimum Gasteiger partial charge on any atom is -0.496 e. The van der Waals surface area contributed by atoms with Gasteiger partial charge in [0.15, 0.2) is 5.96 Å². The van der Waals surface area contributed by atoms with Crippen LogP contribution in [0.1, 0.15) is 25.3 Å². The van der Waals surface area contributed by atoms with E-state index in [9.17, 15) is 0 Å². The lowest BCUT2D eigenvalue weighted by atomic mass is 10.2. The van der Waals surface area contributed by atoms with Gasteiger partial charge in [0.2, 0.25) is 0 Å². The van der Waals surface area contributed by atoms with Gasteiger partial charge in [0.05, 0.1) is 13.7 Å². The first-order valence-electron chi connectivity index (χ1n) is 7.68. The van der Waals surface area contributed by atoms with E-state index in [0.717, 1.165) is 29.6 Å². The summed E-state index contributed by atoms with van der Waals surface area (Å²) < 4.78 is 5.37. The van der Waals surface area contributed by atoms with E-state index in [1.165, 1.54) is 18.6 Å². The van der Waals surface area contributed by atoms with Crippen LogP contribution in [0, 0.1) is 0 Å². The number of thioether (sulfide) groups is 1. The van der Waals surface area contributed by atoms with Crippen LogP contribution in [0.25, 0.3) is 0 Å². The van der Waals surface area contributed by atoms with E-state index in [-0.39, 0.29) is 24.0 Å². The third kappa shape index (κ3) is 6.97. The Bertz CT molecular complexity index is 510. The molecular weight excluding hydrogens is 445 g/mol. The van der Waals surface area contributed by atoms with Crippen molar-refractivity contribution in [3.05, 3.63) is 28.8 Å². The van der Waals surface area contributed by atoms with Gasteiger partial charge in [0.1, 0.15) is 5.75 Å². The van der Waals surface area contributed by atoms with Crippen molar-refractivity contribution < 1.29 is 4.74 Å². The lowest BCUT2D eigenvalue weighted by Gasteiger charge is -2.24. The van der Waals surface area contributed by atoms with E-state index in [1.54, 1.807) is 7.11 Å². The van der Waals surface area contributed by atoms with Crippen LogP contribution >= 0.6 is 47.3 Å². The topological polar surface area (TPSA) is 45.7 Å². The van der Waals surface area contributed by atoms with Crippen LogP contribution in [0.15, 0.2) is 23.2 Å². The molecule has 130 valence electrons. The maximum atomic E-state index is 5.99. The standard InChI is InChI=1S/C16H24ClN3OS.HI/c1-3-18-16(20-14-5-4-8-22-11-14)19-10-12-6-7-13(17)9-15(12)21-2;/h6-7,9,14H,3-5,8,10-11H2,1-2H3,(H2,18,19,20);1H. The summed E-state index contributed by atoms with van der Waals surface area (Å²) in [5.41, 5.74) is 1.03. The summed E-state index contributed by atoms with van der Waals surface area (Å²) in [7, 11) is 1.65. The molecule has 1 saturated heterocycles. The van der Waals surface area contributed by atoms with E-state index < -0.39 is 0 Å². The van der Waals surface area contributed by atoms with Crippen molar-refractivity contribution in [3.8, 4) is 5.75 Å². The minimum absolute atomic E-state index is 0. The Morgan fingerprint density at radius 2 is 2.30 bits per heavy atom. The lowest BCUT2D eigenvalue weighted by molar-refractivity contribution is 0.410. The first-order valence-corrected chi connectivity index (χ1v) is 9.21. The Balaban J connectivity index is 0.00000264. The van der Waals surface area contributed by atoms with Gasteiger partial charge >= 0.3 is 0 Å². The SMILES string of the molecule is CCNC(=NCc1ccc(Cl)cc1OC)NC1CCCSC1.I. The van der Waals surface area contributed by atoms with Gasteiger partial charge in [0, 0.05) is 28.9 Å². The molecule has 1 heterocycles. The van der Waals surface area contributed by atoms with Crippen molar-refractivity contribution in [1.29, 1.82) is 0 Å². The maximum Gasteiger partial charge on any atom is 0.191 e. The van der Waals surface area contributed by atoms with Crippen LogP contribution in [0.3, 0.4) is 0 Å². The molecule has 4 nitrogen and oxygen atoms in total. The predicted molar refractivity (Wildman–Crippen MR) is 112 cm³/mol. The normalized spacial score (nSPS) is 18.0. The Kier molecular flexibility index (Phi) is 10.1. The number of halogens is 2. The summed E-state index contributed by atoms with van der Waals surface area (Å²) in [5.74, 6) is 4.06. The number of hydrogen-bond donors (Lipinski definition) is 2. The third-order valence-electron chi connectivity index (χ3n) is 3.50. The number of nitrogens with zero attached hydrogens (tertiary/aromatic N) is 1. The van der Waals surface area contributed by atoms with Crippen molar-refractivity contribution in [1.82, 2.24) is 10.6 Å². The number of hydrogen-bond acceptors (Lipinski definition) is 3. The molecule has 0 aliphatic carbocycles. The van der Waals surface area contributed by atoms with E-state index in [1.807, 2.05) is 30.0 Å². The predicted octanol–water partition coefficient (Wildman–Crippen LogP) is 3.92. The third-order valence-corrected chi connectivity index (χ3v) is 4.95. The zero-order valence-corrected chi connectivity index (χ0v) is 17.5. The van der Waals surface area contributed by atoms with Crippen LogP contribution in [-0.2, 0) is 6.54 Å². The molecular formula is C16H25ClIN3OS. The van der Waals surface area contributed by atoms with Crippen LogP contribution in [0.4, 0.5) is 0 Å². The molecule has 1 aromatic rings. The lowest BCUT2D eigenvalue weighted by Crippen LogP contribution is -2.45. The summed E-state index contributed by atoms with van der Waals surface area (Å²) >= 11 is 8.00. The van der Waals surface area contributed by atoms with Crippen LogP contribution in [0.5, 0.6) is 5.75 Å². The quantitative estimate of drug-likeness (QED) is 0.390. The molecule has 1 fully saturated rings. The zero-order chi connectivity index (χ0) is 15.8. The van der Waals surface area contributed by atoms with Crippen molar-refractivity contribution in [2.45, 2.75) is 32.4 Å². The summed E-state index contributed by atoms with van der Waals surface area (Å²) in [6, 6.07) is 6.16. The second-order valence-electron chi connectivity index (χ2n) is 5.21. The first-order chi connectivity index (χ1) is 10.7. The van der Waals surface area contributed by atoms with Crippen molar-refractivity contribution in [2.24, 2.45) is 4.99 Å². The van der Waals surface area contributed by atoms with Crippen LogP contribution in [-0.4, -0.2) is 37.2 Å². The molecule has 1 atom stereocenters. The average Bonchev–Trinajstić information content (AvgIpc) is 2.54. The van der Waals surface area contributed by atoms with Crippen LogP contribution < -0.4 is 15.4 Å². The molecule has 2 N–H and O–H groups in total. The van der Waals surface area contributed by atoms with E-state index in [0.29, 0.717) is 17.6 Å². The van der Waals surface area contributed by atoms with Gasteiger partial charge in [-0.1, -0.05) is 17.7 Å². The minimum atomic E-state index is 0. The number of benzene rings is 1. The molecule has 7 heteroatoms. The van der Waals surface area contributed by atoms with Crippen molar-refractivity contribution >= 4 is 53.3 Å². The molecule has 0 amide bonds. The highest BCUT2D eigenvalue weighted by molar-refractivity contribution is 14.0. The Labute approximate surface area is 165 Å². The molecule has 23 heavy (non-hydrogen) atoms. The Hall–Kier alpha value is -0.340. The molecule has 0 bridgehead atoms. The highest BCUT2D eigenvalue weighted by Gasteiger charge is 2.14. The van der Waals surface area contributed by atoms with E-state index in [4.69, 9.17) is 16.3 Å². The van der Waals surface area contributed by atoms with Gasteiger partial charge in [0.25, 0.3) is 0 Å². The van der Waals surface area contributed by atoms with Crippen molar-refractivity contribution in [3.63, 3.8) is 0 Å². The van der Waals surface area contributed by atoms with Gasteiger partial charge in [-0.25, -0.2) is 4.99 Å². The van der Waals surface area contributed by atoms with Gasteiger partial charge in [-0.05, 0) is 37.7 Å². The van der Waals surface area contributed by atoms with Gasteiger partial charge in [-0.3, -0.25) is 0 Å². The highest BCUT2D eigenvalue weighted by Crippen LogP contribution is 2.23. The second kappa shape index (κ2) is 11.3. The van der Waals surface area contributed by atoms with Gasteiger partial charge in [-0.15, -0.1) is 24.0 Å². The fraction of sp³-hybridized carbons (Fsp3) is 0.562. The molecule has 1 aliphatic heterocycles. The monoisotopic (exact) mass is 469 g/mol. The van der Waals surface area contributed by atoms with Gasteiger partial charge < -0.3 is 15.4 Å². The molecule has 1 aromatic carbocycles. The van der Waals surface area contributed by atoms with E-state index in [2.05, 4.69) is 22.5 Å². The summed E-state index contributed by atoms with van der Waals surface area (Å²) in [6.07, 6.45) is 2.48. The molecule has 2 rings (SSSR count).